The molecule has 0 unspecified atom stereocenters. The van der Waals surface area contributed by atoms with Crippen LogP contribution in [0.1, 0.15) is 50.2 Å². The lowest BCUT2D eigenvalue weighted by atomic mass is 9.79. The fourth-order valence-corrected chi connectivity index (χ4v) is 4.39. The van der Waals surface area contributed by atoms with Gasteiger partial charge in [0.15, 0.2) is 0 Å². The first-order chi connectivity index (χ1) is 11.6. The standard InChI is InChI=1S/C20H31N3O.ClH/c1-3-17-9-7-8-16(2)19(17)22-18(24)14-23-13-12-21-15-20(23)10-5-4-6-11-20;/h7-9,21H,3-6,10-15H2,1-2H3,(H,22,24);1H. The van der Waals surface area contributed by atoms with Gasteiger partial charge in [-0.2, -0.15) is 0 Å². The number of carbonyl (C=O) groups excluding carboxylic acids is 1. The van der Waals surface area contributed by atoms with Crippen molar-refractivity contribution in [2.24, 2.45) is 0 Å². The van der Waals surface area contributed by atoms with E-state index in [1.54, 1.807) is 0 Å². The minimum atomic E-state index is 0. The summed E-state index contributed by atoms with van der Waals surface area (Å²) in [6.07, 6.45) is 7.30. The summed E-state index contributed by atoms with van der Waals surface area (Å²) in [5, 5.41) is 6.75. The summed E-state index contributed by atoms with van der Waals surface area (Å²) in [7, 11) is 0. The molecule has 1 heterocycles. The average molecular weight is 366 g/mol. The van der Waals surface area contributed by atoms with E-state index in [-0.39, 0.29) is 23.9 Å². The first kappa shape index (κ1) is 20.2. The number of benzene rings is 1. The highest BCUT2D eigenvalue weighted by Crippen LogP contribution is 2.34. The summed E-state index contributed by atoms with van der Waals surface area (Å²) in [5.74, 6) is 0.130. The highest BCUT2D eigenvalue weighted by atomic mass is 35.5. The van der Waals surface area contributed by atoms with Gasteiger partial charge in [0, 0.05) is 30.9 Å². The monoisotopic (exact) mass is 365 g/mol. The van der Waals surface area contributed by atoms with Crippen LogP contribution in [-0.4, -0.2) is 42.5 Å². The van der Waals surface area contributed by atoms with E-state index in [4.69, 9.17) is 0 Å². The van der Waals surface area contributed by atoms with Crippen molar-refractivity contribution in [3.63, 3.8) is 0 Å². The number of hydrogen-bond donors (Lipinski definition) is 2. The van der Waals surface area contributed by atoms with Gasteiger partial charge in [0.2, 0.25) is 5.91 Å². The van der Waals surface area contributed by atoms with E-state index in [1.165, 1.54) is 37.7 Å². The van der Waals surface area contributed by atoms with E-state index >= 15 is 0 Å². The van der Waals surface area contributed by atoms with Crippen LogP contribution in [-0.2, 0) is 11.2 Å². The molecule has 140 valence electrons. The molecule has 2 N–H and O–H groups in total. The molecule has 0 bridgehead atoms. The fraction of sp³-hybridized carbons (Fsp3) is 0.650. The molecule has 2 fully saturated rings. The van der Waals surface area contributed by atoms with Crippen LogP contribution >= 0.6 is 12.4 Å². The zero-order chi connectivity index (χ0) is 17.0. The second kappa shape index (κ2) is 9.02. The molecule has 0 radical (unpaired) electrons. The van der Waals surface area contributed by atoms with Crippen molar-refractivity contribution in [2.45, 2.75) is 57.9 Å². The van der Waals surface area contributed by atoms with Gasteiger partial charge >= 0.3 is 0 Å². The molecule has 2 aliphatic rings. The third-order valence-corrected chi connectivity index (χ3v) is 5.81. The molecule has 1 aliphatic carbocycles. The van der Waals surface area contributed by atoms with Crippen LogP contribution in [0.5, 0.6) is 0 Å². The molecule has 1 saturated heterocycles. The number of halogens is 1. The maximum Gasteiger partial charge on any atom is 0.238 e. The van der Waals surface area contributed by atoms with Gasteiger partial charge in [-0.25, -0.2) is 0 Å². The van der Waals surface area contributed by atoms with Gasteiger partial charge in [0.05, 0.1) is 6.54 Å². The van der Waals surface area contributed by atoms with Gasteiger partial charge in [0.1, 0.15) is 0 Å². The molecule has 1 aromatic carbocycles. The average Bonchev–Trinajstić information content (AvgIpc) is 2.60. The van der Waals surface area contributed by atoms with Crippen molar-refractivity contribution < 1.29 is 4.79 Å². The molecule has 0 atom stereocenters. The maximum absolute atomic E-state index is 12.8. The number of anilines is 1. The summed E-state index contributed by atoms with van der Waals surface area (Å²) < 4.78 is 0. The highest BCUT2D eigenvalue weighted by Gasteiger charge is 2.40. The smallest absolute Gasteiger partial charge is 0.238 e. The zero-order valence-electron chi connectivity index (χ0n) is 15.6. The number of aryl methyl sites for hydroxylation is 2. The number of hydrogen-bond acceptors (Lipinski definition) is 3. The zero-order valence-corrected chi connectivity index (χ0v) is 16.4. The Hall–Kier alpha value is -1.10. The largest absolute Gasteiger partial charge is 0.324 e. The van der Waals surface area contributed by atoms with Crippen LogP contribution in [0, 0.1) is 6.92 Å². The summed E-state index contributed by atoms with van der Waals surface area (Å²) in [6, 6.07) is 6.25. The maximum atomic E-state index is 12.8. The Balaban J connectivity index is 0.00000225. The predicted molar refractivity (Wildman–Crippen MR) is 107 cm³/mol. The summed E-state index contributed by atoms with van der Waals surface area (Å²) >= 11 is 0. The van der Waals surface area contributed by atoms with E-state index in [0.29, 0.717) is 6.54 Å². The molecule has 1 aliphatic heterocycles. The molecule has 25 heavy (non-hydrogen) atoms. The fourth-order valence-electron chi connectivity index (χ4n) is 4.39. The number of nitrogens with zero attached hydrogens (tertiary/aromatic N) is 1. The number of rotatable bonds is 4. The third-order valence-electron chi connectivity index (χ3n) is 5.81. The second-order valence-corrected chi connectivity index (χ2v) is 7.39. The molecule has 4 nitrogen and oxygen atoms in total. The van der Waals surface area contributed by atoms with E-state index in [1.807, 2.05) is 0 Å². The van der Waals surface area contributed by atoms with Gasteiger partial charge in [-0.05, 0) is 37.3 Å². The Morgan fingerprint density at radius 3 is 2.76 bits per heavy atom. The Morgan fingerprint density at radius 1 is 1.28 bits per heavy atom. The SMILES string of the molecule is CCc1cccc(C)c1NC(=O)CN1CCNCC12CCCCC2.Cl. The van der Waals surface area contributed by atoms with Gasteiger partial charge in [-0.1, -0.05) is 44.4 Å². The van der Waals surface area contributed by atoms with Crippen LogP contribution in [0.2, 0.25) is 0 Å². The van der Waals surface area contributed by atoms with Crippen molar-refractivity contribution in [3.8, 4) is 0 Å². The Labute approximate surface area is 158 Å². The first-order valence-corrected chi connectivity index (χ1v) is 9.49. The normalized spacial score (nSPS) is 20.1. The van der Waals surface area contributed by atoms with Crippen LogP contribution in [0.25, 0.3) is 0 Å². The van der Waals surface area contributed by atoms with Gasteiger partial charge in [0.25, 0.3) is 0 Å². The molecule has 1 spiro atoms. The van der Waals surface area contributed by atoms with Crippen LogP contribution < -0.4 is 10.6 Å². The molecule has 5 heteroatoms. The number of amides is 1. The van der Waals surface area contributed by atoms with Gasteiger partial charge in [-0.3, -0.25) is 9.69 Å². The van der Waals surface area contributed by atoms with Gasteiger partial charge < -0.3 is 10.6 Å². The Bertz CT molecular complexity index is 576. The van der Waals surface area contributed by atoms with Crippen LogP contribution in [0.4, 0.5) is 5.69 Å². The van der Waals surface area contributed by atoms with Crippen molar-refractivity contribution in [1.82, 2.24) is 10.2 Å². The van der Waals surface area contributed by atoms with E-state index in [2.05, 4.69) is 47.6 Å². The molecule has 3 rings (SSSR count). The van der Waals surface area contributed by atoms with Gasteiger partial charge in [-0.15, -0.1) is 12.4 Å². The lowest BCUT2D eigenvalue weighted by Gasteiger charge is -2.49. The first-order valence-electron chi connectivity index (χ1n) is 9.49. The number of piperazine rings is 1. The van der Waals surface area contributed by atoms with E-state index in [9.17, 15) is 4.79 Å². The van der Waals surface area contributed by atoms with Crippen molar-refractivity contribution in [1.29, 1.82) is 0 Å². The quantitative estimate of drug-likeness (QED) is 0.857. The Morgan fingerprint density at radius 2 is 2.04 bits per heavy atom. The van der Waals surface area contributed by atoms with Crippen molar-refractivity contribution in [3.05, 3.63) is 29.3 Å². The molecule has 1 aromatic rings. The van der Waals surface area contributed by atoms with Crippen molar-refractivity contribution >= 4 is 24.0 Å². The lowest BCUT2D eigenvalue weighted by Crippen LogP contribution is -2.63. The number of para-hydroxylation sites is 1. The predicted octanol–water partition coefficient (Wildman–Crippen LogP) is 3.53. The highest BCUT2D eigenvalue weighted by molar-refractivity contribution is 5.93. The van der Waals surface area contributed by atoms with E-state index in [0.717, 1.165) is 37.3 Å². The number of carbonyl (C=O) groups is 1. The topological polar surface area (TPSA) is 44.4 Å². The molecular weight excluding hydrogens is 334 g/mol. The summed E-state index contributed by atoms with van der Waals surface area (Å²) in [4.78, 5) is 15.2. The summed E-state index contributed by atoms with van der Waals surface area (Å²) in [5.41, 5.74) is 3.58. The van der Waals surface area contributed by atoms with Crippen LogP contribution in [0.3, 0.4) is 0 Å². The van der Waals surface area contributed by atoms with E-state index < -0.39 is 0 Å². The summed E-state index contributed by atoms with van der Waals surface area (Å²) in [6.45, 7) is 7.71. The number of nitrogens with one attached hydrogen (secondary N) is 2. The molecular formula is C20H32ClN3O. The Kier molecular flexibility index (Phi) is 7.29. The van der Waals surface area contributed by atoms with Crippen molar-refractivity contribution in [2.75, 3.05) is 31.5 Å². The molecule has 1 amide bonds. The minimum absolute atomic E-state index is 0. The van der Waals surface area contributed by atoms with Crippen LogP contribution in [0.15, 0.2) is 18.2 Å². The molecule has 1 saturated carbocycles. The second-order valence-electron chi connectivity index (χ2n) is 7.39. The third kappa shape index (κ3) is 4.55. The minimum Gasteiger partial charge on any atom is -0.324 e. The molecule has 0 aromatic heterocycles. The lowest BCUT2D eigenvalue weighted by molar-refractivity contribution is -0.120.